The number of nitrogens with two attached hydrogens (primary N) is 1. The number of unbranched alkanes of at least 4 members (excludes halogenated alkanes) is 4. The third kappa shape index (κ3) is 20.0. The Kier molecular flexibility index (Phi) is 28.1. The first-order valence-electron chi connectivity index (χ1n) is 26.0. The number of aromatic carboxylic acids is 1. The molecule has 0 bridgehead atoms. The van der Waals surface area contributed by atoms with E-state index in [1.165, 1.54) is 30.3 Å². The number of carboxylic acids is 1. The van der Waals surface area contributed by atoms with Crippen LogP contribution in [0, 0.1) is 11.8 Å². The van der Waals surface area contributed by atoms with Crippen molar-refractivity contribution in [3.8, 4) is 34.1 Å². The molecule has 23 nitrogen and oxygen atoms in total. The number of nitrogens with zero attached hydrogens (tertiary/aromatic N) is 2. The van der Waals surface area contributed by atoms with Crippen molar-refractivity contribution in [1.82, 2.24) is 36.7 Å². The second-order valence-corrected chi connectivity index (χ2v) is 17.6. The zero-order valence-corrected chi connectivity index (χ0v) is 44.8. The fourth-order valence-corrected chi connectivity index (χ4v) is 8.31. The number of rotatable bonds is 34. The molecule has 77 heavy (non-hydrogen) atoms. The molecule has 0 aliphatic heterocycles. The highest BCUT2D eigenvalue weighted by Gasteiger charge is 2.32. The monoisotopic (exact) mass is 1080 g/mol. The molecular weight excluding hydrogens is 1000 g/mol. The molecule has 0 saturated carbocycles. The van der Waals surface area contributed by atoms with Gasteiger partial charge < -0.3 is 55.7 Å². The number of hydrogen-bond acceptors (Lipinski definition) is 15. The average Bonchev–Trinajstić information content (AvgIpc) is 4.15. The topological polar surface area (TPSA) is 335 Å². The van der Waals surface area contributed by atoms with Gasteiger partial charge in [0.1, 0.15) is 23.0 Å². The molecule has 23 heteroatoms. The van der Waals surface area contributed by atoms with Gasteiger partial charge >= 0.3 is 5.97 Å². The fraction of sp³-hybridized carbons (Fsp3) is 0.481. The molecule has 0 fully saturated rings. The quantitative estimate of drug-likeness (QED) is 0.00811. The molecule has 2 heterocycles. The smallest absolute Gasteiger partial charge is 0.335 e. The molecule has 2 aromatic heterocycles. The Bertz CT molecular complexity index is 2530. The van der Waals surface area contributed by atoms with E-state index in [2.05, 4.69) is 26.6 Å². The summed E-state index contributed by atoms with van der Waals surface area (Å²) in [5, 5.41) is 43.4. The van der Waals surface area contributed by atoms with Crippen molar-refractivity contribution >= 4 is 48.3 Å². The van der Waals surface area contributed by atoms with E-state index in [9.17, 15) is 53.9 Å². The van der Waals surface area contributed by atoms with E-state index in [1.54, 1.807) is 51.1 Å². The lowest BCUT2D eigenvalue weighted by Crippen LogP contribution is -2.47. The van der Waals surface area contributed by atoms with Gasteiger partial charge in [0.2, 0.25) is 24.6 Å². The SMILES string of the molecule is CCCCC[C@@H](C(=O)NCNC(=O)c1ccc(-c2cc(OCC)cc(C(=O)NCCN)c2)o1)[C@@H](CC)N(O)C=O.CCCCC[C@@H](C(=O)NCNC(=O)c1ccc(-c2cc(OCC)cc(C(=O)O)c2)o1)[C@@H](CC)N(O)C=O. The normalized spacial score (nSPS) is 12.3. The van der Waals surface area contributed by atoms with Crippen molar-refractivity contribution in [2.45, 2.75) is 118 Å². The highest BCUT2D eigenvalue weighted by atomic mass is 16.5. The van der Waals surface area contributed by atoms with Gasteiger partial charge in [-0.1, -0.05) is 66.2 Å². The first-order valence-corrected chi connectivity index (χ1v) is 26.0. The molecule has 4 atom stereocenters. The summed E-state index contributed by atoms with van der Waals surface area (Å²) < 4.78 is 22.4. The fourth-order valence-electron chi connectivity index (χ4n) is 8.31. The summed E-state index contributed by atoms with van der Waals surface area (Å²) in [6.07, 6.45) is 7.59. The lowest BCUT2D eigenvalue weighted by Gasteiger charge is -2.29. The number of benzene rings is 2. The minimum Gasteiger partial charge on any atom is -0.494 e. The number of carbonyl (C=O) groups excluding carboxylic acids is 7. The van der Waals surface area contributed by atoms with Crippen LogP contribution in [0.3, 0.4) is 0 Å². The van der Waals surface area contributed by atoms with Gasteiger partial charge in [0.05, 0.1) is 56.0 Å². The summed E-state index contributed by atoms with van der Waals surface area (Å²) >= 11 is 0. The summed E-state index contributed by atoms with van der Waals surface area (Å²) in [5.41, 5.74) is 6.82. The Labute approximate surface area is 448 Å². The van der Waals surface area contributed by atoms with Gasteiger partial charge in [0.15, 0.2) is 11.5 Å². The third-order valence-electron chi connectivity index (χ3n) is 12.2. The number of hydrogen-bond donors (Lipinski definition) is 9. The number of carbonyl (C=O) groups is 8. The maximum Gasteiger partial charge on any atom is 0.335 e. The van der Waals surface area contributed by atoms with Crippen molar-refractivity contribution in [3.63, 3.8) is 0 Å². The van der Waals surface area contributed by atoms with Crippen LogP contribution in [0.15, 0.2) is 69.5 Å². The van der Waals surface area contributed by atoms with E-state index in [0.717, 1.165) is 38.5 Å². The number of furan rings is 2. The molecule has 0 radical (unpaired) electrons. The predicted octanol–water partition coefficient (Wildman–Crippen LogP) is 6.33. The maximum atomic E-state index is 12.9. The lowest BCUT2D eigenvalue weighted by molar-refractivity contribution is -0.169. The third-order valence-corrected chi connectivity index (χ3v) is 12.2. The second kappa shape index (κ2) is 34.0. The van der Waals surface area contributed by atoms with Crippen LogP contribution in [0.1, 0.15) is 148 Å². The molecule has 4 aromatic rings. The standard InChI is InChI=1S/C28H41N5O7.C26H35N3O8/c1-4-7-8-9-22(23(5-2)33(38)18-34)27(36)31-17-32-28(37)25-11-10-24(40-25)19-14-20(26(35)30-13-12-29)16-21(15-19)39-6-3;1-4-7-8-9-20(21(5-2)29(35)16-30)24(31)27-15-28-25(32)23-11-10-22(37-23)17-12-18(26(33)34)14-19(13-17)36-6-3/h10-11,14-16,18,22-23,38H,4-9,12-13,17,29H2,1-3H3,(H,30,35)(H,31,36)(H,32,37);10-14,16,20-21,35H,4-9,15H2,1-3H3,(H,27,31)(H,28,32)(H,33,34)/t22-,23-;20-,21-/m11/s1. The minimum absolute atomic E-state index is 0.00798. The second-order valence-electron chi connectivity index (χ2n) is 17.6. The molecular formula is C54H76N8O15. The molecule has 422 valence electrons. The van der Waals surface area contributed by atoms with Crippen LogP contribution in [0.25, 0.3) is 22.6 Å². The van der Waals surface area contributed by atoms with E-state index in [1.807, 2.05) is 20.8 Å². The Hall–Kier alpha value is -7.76. The van der Waals surface area contributed by atoms with Crippen LogP contribution in [0.4, 0.5) is 0 Å². The zero-order chi connectivity index (χ0) is 56.9. The first-order chi connectivity index (χ1) is 37.0. The molecule has 0 spiro atoms. The summed E-state index contributed by atoms with van der Waals surface area (Å²) in [6, 6.07) is 14.1. The molecule has 10 N–H and O–H groups in total. The van der Waals surface area contributed by atoms with Gasteiger partial charge in [0, 0.05) is 29.8 Å². The minimum atomic E-state index is -1.13. The number of carboxylic acid groups (broad SMARTS) is 1. The number of hydroxylamine groups is 4. The van der Waals surface area contributed by atoms with Crippen LogP contribution in [0.2, 0.25) is 0 Å². The van der Waals surface area contributed by atoms with E-state index in [-0.39, 0.29) is 54.4 Å². The molecule has 2 aromatic carbocycles. The van der Waals surface area contributed by atoms with Crippen LogP contribution in [0.5, 0.6) is 11.5 Å². The number of amides is 7. The van der Waals surface area contributed by atoms with Crippen molar-refractivity contribution in [3.05, 3.63) is 83.3 Å². The Morgan fingerprint density at radius 2 is 1.01 bits per heavy atom. The van der Waals surface area contributed by atoms with Crippen LogP contribution < -0.4 is 41.8 Å². The van der Waals surface area contributed by atoms with Crippen molar-refractivity contribution in [2.75, 3.05) is 39.6 Å². The van der Waals surface area contributed by atoms with Gasteiger partial charge in [-0.05, 0) is 100 Å². The van der Waals surface area contributed by atoms with Gasteiger partial charge in [0.25, 0.3) is 17.7 Å². The molecule has 7 amide bonds. The first kappa shape index (κ1) is 63.5. The molecule has 0 saturated heterocycles. The largest absolute Gasteiger partial charge is 0.494 e. The highest BCUT2D eigenvalue weighted by Crippen LogP contribution is 2.30. The molecule has 0 unspecified atom stereocenters. The summed E-state index contributed by atoms with van der Waals surface area (Å²) in [7, 11) is 0. The zero-order valence-electron chi connectivity index (χ0n) is 44.8. The highest BCUT2D eigenvalue weighted by molar-refractivity contribution is 5.96. The van der Waals surface area contributed by atoms with Crippen LogP contribution >= 0.6 is 0 Å². The lowest BCUT2D eigenvalue weighted by atomic mass is 9.90. The Balaban J connectivity index is 0.000000406. The van der Waals surface area contributed by atoms with Gasteiger partial charge in [-0.15, -0.1) is 0 Å². The predicted molar refractivity (Wildman–Crippen MR) is 283 cm³/mol. The summed E-state index contributed by atoms with van der Waals surface area (Å²) in [4.78, 5) is 97.1. The van der Waals surface area contributed by atoms with E-state index in [0.29, 0.717) is 102 Å². The Morgan fingerprint density at radius 1 is 0.584 bits per heavy atom. The van der Waals surface area contributed by atoms with Crippen molar-refractivity contribution in [1.29, 1.82) is 0 Å². The van der Waals surface area contributed by atoms with Gasteiger partial charge in [-0.25, -0.2) is 14.9 Å². The summed E-state index contributed by atoms with van der Waals surface area (Å²) in [6.45, 7) is 12.2. The molecule has 0 aliphatic carbocycles. The average molecular weight is 1080 g/mol. The van der Waals surface area contributed by atoms with Crippen LogP contribution in [-0.2, 0) is 19.2 Å². The number of nitrogens with one attached hydrogen (secondary N) is 5. The number of ether oxygens (including phenoxy) is 2. The molecule has 4 rings (SSSR count). The van der Waals surface area contributed by atoms with Gasteiger partial charge in [-0.2, -0.15) is 0 Å². The molecule has 0 aliphatic rings. The summed E-state index contributed by atoms with van der Waals surface area (Å²) in [5.74, 6) is -3.19. The van der Waals surface area contributed by atoms with Crippen molar-refractivity contribution < 1.29 is 72.2 Å². The van der Waals surface area contributed by atoms with Crippen molar-refractivity contribution in [2.24, 2.45) is 17.6 Å². The van der Waals surface area contributed by atoms with E-state index < -0.39 is 47.6 Å². The van der Waals surface area contributed by atoms with Crippen LogP contribution in [-0.4, -0.2) is 126 Å². The van der Waals surface area contributed by atoms with Gasteiger partial charge in [-0.3, -0.25) is 44.0 Å². The maximum absolute atomic E-state index is 12.9. The van der Waals surface area contributed by atoms with E-state index >= 15 is 0 Å². The van der Waals surface area contributed by atoms with E-state index in [4.69, 9.17) is 24.0 Å². The Morgan fingerprint density at radius 3 is 1.39 bits per heavy atom.